The van der Waals surface area contributed by atoms with E-state index in [-0.39, 0.29) is 23.6 Å². The van der Waals surface area contributed by atoms with Crippen LogP contribution in [0.25, 0.3) is 0 Å². The van der Waals surface area contributed by atoms with Gasteiger partial charge < -0.3 is 15.4 Å². The Kier molecular flexibility index (Phi) is 5.11. The molecule has 7 rings (SSSR count). The predicted octanol–water partition coefficient (Wildman–Crippen LogP) is 4.72. The summed E-state index contributed by atoms with van der Waals surface area (Å²) in [5, 5.41) is 6.27. The Balaban J connectivity index is 1.59. The first-order valence-corrected chi connectivity index (χ1v) is 13.7. The van der Waals surface area contributed by atoms with E-state index in [1.807, 2.05) is 69.3 Å². The first-order chi connectivity index (χ1) is 18.9. The monoisotopic (exact) mass is 521 g/mol. The lowest BCUT2D eigenvalue weighted by Gasteiger charge is -2.43. The molecule has 2 spiro atoms. The van der Waals surface area contributed by atoms with Gasteiger partial charge in [-0.05, 0) is 69.5 Å². The zero-order valence-corrected chi connectivity index (χ0v) is 22.3. The molecule has 2 amide bonds. The highest BCUT2D eigenvalue weighted by molar-refractivity contribution is 6.21. The van der Waals surface area contributed by atoms with Gasteiger partial charge in [0.05, 0.1) is 18.1 Å². The molecule has 0 saturated carbocycles. The van der Waals surface area contributed by atoms with E-state index in [1.165, 1.54) is 0 Å². The number of fused-ring (bicyclic) bond motifs is 7. The van der Waals surface area contributed by atoms with E-state index in [2.05, 4.69) is 15.5 Å². The molecule has 2 N–H and O–H groups in total. The molecule has 7 heteroatoms. The van der Waals surface area contributed by atoms with E-state index in [1.54, 1.807) is 12.1 Å². The van der Waals surface area contributed by atoms with E-state index in [0.29, 0.717) is 35.7 Å². The molecule has 0 aromatic heterocycles. The maximum absolute atomic E-state index is 14.9. The summed E-state index contributed by atoms with van der Waals surface area (Å²) in [4.78, 5) is 46.3. The summed E-state index contributed by atoms with van der Waals surface area (Å²) in [5.74, 6) is -0.987. The van der Waals surface area contributed by atoms with Crippen LogP contribution in [0.3, 0.4) is 0 Å². The van der Waals surface area contributed by atoms with Gasteiger partial charge in [-0.25, -0.2) is 0 Å². The Morgan fingerprint density at radius 3 is 2.59 bits per heavy atom. The maximum atomic E-state index is 14.9. The number of benzene rings is 3. The van der Waals surface area contributed by atoms with Gasteiger partial charge in [-0.3, -0.25) is 19.3 Å². The van der Waals surface area contributed by atoms with Crippen LogP contribution in [0.1, 0.15) is 52.4 Å². The van der Waals surface area contributed by atoms with Gasteiger partial charge in [0, 0.05) is 23.0 Å². The number of rotatable bonds is 4. The van der Waals surface area contributed by atoms with E-state index in [9.17, 15) is 14.4 Å². The number of nitrogens with zero attached hydrogens (tertiary/aromatic N) is 1. The Hall–Kier alpha value is -3.97. The van der Waals surface area contributed by atoms with Crippen molar-refractivity contribution in [3.63, 3.8) is 0 Å². The molecule has 0 aliphatic carbocycles. The quantitative estimate of drug-likeness (QED) is 0.486. The summed E-state index contributed by atoms with van der Waals surface area (Å²) in [6.45, 7) is 6.92. The Bertz CT molecular complexity index is 1580. The van der Waals surface area contributed by atoms with Gasteiger partial charge in [-0.1, -0.05) is 48.0 Å². The minimum Gasteiger partial charge on any atom is -0.493 e. The average Bonchev–Trinajstić information content (AvgIpc) is 3.64. The van der Waals surface area contributed by atoms with Crippen LogP contribution in [0.2, 0.25) is 0 Å². The number of nitrogens with one attached hydrogen (secondary N) is 2. The molecule has 0 radical (unpaired) electrons. The summed E-state index contributed by atoms with van der Waals surface area (Å²) in [6, 6.07) is 18.6. The predicted molar refractivity (Wildman–Crippen MR) is 148 cm³/mol. The second kappa shape index (κ2) is 8.26. The Morgan fingerprint density at radius 1 is 1.00 bits per heavy atom. The van der Waals surface area contributed by atoms with Gasteiger partial charge in [-0.15, -0.1) is 0 Å². The van der Waals surface area contributed by atoms with Gasteiger partial charge in [-0.2, -0.15) is 0 Å². The Labute approximate surface area is 227 Å². The van der Waals surface area contributed by atoms with Crippen LogP contribution in [0.15, 0.2) is 60.7 Å². The number of carbonyl (C=O) groups is 3. The minimum absolute atomic E-state index is 0.162. The zero-order valence-electron chi connectivity index (χ0n) is 22.3. The molecule has 4 heterocycles. The largest absolute Gasteiger partial charge is 0.493 e. The number of amides is 2. The molecule has 4 atom stereocenters. The van der Waals surface area contributed by atoms with Crippen LogP contribution in [0, 0.1) is 19.8 Å². The lowest BCUT2D eigenvalue weighted by atomic mass is 9.57. The van der Waals surface area contributed by atoms with Gasteiger partial charge in [0.25, 0.3) is 5.91 Å². The minimum atomic E-state index is -1.46. The molecule has 3 aromatic carbocycles. The highest BCUT2D eigenvalue weighted by atomic mass is 16.5. The molecule has 4 unspecified atom stereocenters. The third-order valence-corrected chi connectivity index (χ3v) is 9.28. The number of anilines is 2. The summed E-state index contributed by atoms with van der Waals surface area (Å²) >= 11 is 0. The SMILES string of the molecule is CCOc1ccccc1C(=O)C1C2CCCN2C2(C(=O)Nc3c(C)cc(C)cc32)C12C(=O)Nc1ccccc12. The molecule has 4 aliphatic heterocycles. The molecular weight excluding hydrogens is 490 g/mol. The molecule has 3 aromatic rings. The molecule has 198 valence electrons. The normalized spacial score (nSPS) is 28.4. The Morgan fingerprint density at radius 2 is 1.77 bits per heavy atom. The number of ketones is 1. The number of Topliss-reactive ketones (excluding diaryl/α,β-unsaturated/α-hetero) is 1. The molecule has 7 nitrogen and oxygen atoms in total. The lowest BCUT2D eigenvalue weighted by Crippen LogP contribution is -2.62. The fraction of sp³-hybridized carbons (Fsp3) is 0.344. The van der Waals surface area contributed by atoms with Gasteiger partial charge in [0.15, 0.2) is 5.78 Å². The van der Waals surface area contributed by atoms with E-state index < -0.39 is 16.9 Å². The molecule has 4 aliphatic rings. The molecule has 2 fully saturated rings. The van der Waals surface area contributed by atoms with Gasteiger partial charge >= 0.3 is 0 Å². The standard InChI is InChI=1S/C32H31N3O4/c1-4-39-25-14-8-5-10-20(25)28(36)26-24-13-9-15-35(24)32(22-17-18(2)16-19(3)27(22)34-30(32)38)31(26)21-11-6-7-12-23(21)33-29(31)37/h5-8,10-12,14,16-17,24,26H,4,9,13,15H2,1-3H3,(H,33,37)(H,34,38). The number of carbonyl (C=O) groups excluding carboxylic acids is 3. The fourth-order valence-electron chi connectivity index (χ4n) is 8.16. The molecular formula is C32H31N3O4. The summed E-state index contributed by atoms with van der Waals surface area (Å²) in [6.07, 6.45) is 1.57. The second-order valence-corrected chi connectivity index (χ2v) is 11.2. The van der Waals surface area contributed by atoms with Crippen LogP contribution in [0.5, 0.6) is 5.75 Å². The van der Waals surface area contributed by atoms with Crippen molar-refractivity contribution in [2.24, 2.45) is 5.92 Å². The van der Waals surface area contributed by atoms with Crippen LogP contribution in [0.4, 0.5) is 11.4 Å². The van der Waals surface area contributed by atoms with Crippen molar-refractivity contribution in [1.29, 1.82) is 0 Å². The summed E-state index contributed by atoms with van der Waals surface area (Å²) < 4.78 is 5.89. The maximum Gasteiger partial charge on any atom is 0.251 e. The van der Waals surface area contributed by atoms with Crippen LogP contribution in [-0.4, -0.2) is 41.7 Å². The third-order valence-electron chi connectivity index (χ3n) is 9.28. The molecule has 2 saturated heterocycles. The van der Waals surface area contributed by atoms with Crippen molar-refractivity contribution in [3.8, 4) is 5.75 Å². The van der Waals surface area contributed by atoms with E-state index >= 15 is 0 Å². The number of hydrogen-bond acceptors (Lipinski definition) is 5. The van der Waals surface area contributed by atoms with E-state index in [4.69, 9.17) is 4.74 Å². The number of para-hydroxylation sites is 2. The number of hydrogen-bond donors (Lipinski definition) is 2. The zero-order chi connectivity index (χ0) is 27.1. The first-order valence-electron chi connectivity index (χ1n) is 13.7. The van der Waals surface area contributed by atoms with Crippen molar-refractivity contribution in [2.75, 3.05) is 23.8 Å². The summed E-state index contributed by atoms with van der Waals surface area (Å²) in [7, 11) is 0. The van der Waals surface area contributed by atoms with Gasteiger partial charge in [0.2, 0.25) is 5.91 Å². The highest BCUT2D eigenvalue weighted by Gasteiger charge is 2.81. The van der Waals surface area contributed by atoms with E-state index in [0.717, 1.165) is 35.2 Å². The van der Waals surface area contributed by atoms with Crippen LogP contribution in [-0.2, 0) is 20.5 Å². The van der Waals surface area contributed by atoms with Gasteiger partial charge in [0.1, 0.15) is 16.7 Å². The summed E-state index contributed by atoms with van der Waals surface area (Å²) in [5.41, 5.74) is 2.49. The average molecular weight is 522 g/mol. The lowest BCUT2D eigenvalue weighted by molar-refractivity contribution is -0.137. The van der Waals surface area contributed by atoms with Crippen molar-refractivity contribution in [3.05, 3.63) is 88.5 Å². The number of aryl methyl sites for hydroxylation is 2. The smallest absolute Gasteiger partial charge is 0.251 e. The highest BCUT2D eigenvalue weighted by Crippen LogP contribution is 2.68. The van der Waals surface area contributed by atoms with Crippen molar-refractivity contribution in [1.82, 2.24) is 4.90 Å². The van der Waals surface area contributed by atoms with Crippen LogP contribution < -0.4 is 15.4 Å². The topological polar surface area (TPSA) is 87.7 Å². The van der Waals surface area contributed by atoms with Crippen LogP contribution >= 0.6 is 0 Å². The van der Waals surface area contributed by atoms with Crippen molar-refractivity contribution >= 4 is 29.0 Å². The van der Waals surface area contributed by atoms with Crippen molar-refractivity contribution in [2.45, 2.75) is 50.6 Å². The molecule has 0 bridgehead atoms. The second-order valence-electron chi connectivity index (χ2n) is 11.2. The third kappa shape index (κ3) is 2.78. The fourth-order valence-corrected chi connectivity index (χ4v) is 8.16. The van der Waals surface area contributed by atoms with Crippen molar-refractivity contribution < 1.29 is 19.1 Å². The molecule has 39 heavy (non-hydrogen) atoms. The number of ether oxygens (including phenoxy) is 1. The first kappa shape index (κ1) is 24.1.